The van der Waals surface area contributed by atoms with Gasteiger partial charge in [-0.3, -0.25) is 19.7 Å². The van der Waals surface area contributed by atoms with Gasteiger partial charge in [-0.05, 0) is 54.6 Å². The fraction of sp³-hybridized carbons (Fsp3) is 0.0476. The van der Waals surface area contributed by atoms with E-state index in [2.05, 4.69) is 10.6 Å². The molecule has 8 nitrogen and oxygen atoms in total. The molecule has 0 aliphatic rings. The van der Waals surface area contributed by atoms with E-state index in [1.807, 2.05) is 0 Å². The second-order valence-corrected chi connectivity index (χ2v) is 6.65. The Hall–Kier alpha value is -3.91. The van der Waals surface area contributed by atoms with Crippen LogP contribution in [0.15, 0.2) is 66.7 Å². The zero-order chi connectivity index (χ0) is 21.7. The van der Waals surface area contributed by atoms with E-state index < -0.39 is 4.92 Å². The number of ether oxygens (including phenoxy) is 1. The minimum atomic E-state index is -0.585. The van der Waals surface area contributed by atoms with Crippen molar-refractivity contribution in [2.75, 3.05) is 10.6 Å². The highest BCUT2D eigenvalue weighted by Crippen LogP contribution is 2.33. The first-order valence-corrected chi connectivity index (χ1v) is 9.10. The quantitative estimate of drug-likeness (QED) is 0.414. The van der Waals surface area contributed by atoms with Crippen molar-refractivity contribution in [2.45, 2.75) is 6.92 Å². The van der Waals surface area contributed by atoms with Gasteiger partial charge in [-0.2, -0.15) is 0 Å². The summed E-state index contributed by atoms with van der Waals surface area (Å²) >= 11 is 5.80. The van der Waals surface area contributed by atoms with E-state index in [1.54, 1.807) is 24.3 Å². The summed E-state index contributed by atoms with van der Waals surface area (Å²) in [6.45, 7) is 1.40. The molecule has 0 aromatic heterocycles. The van der Waals surface area contributed by atoms with Gasteiger partial charge >= 0.3 is 5.69 Å². The Bertz CT molecular complexity index is 1120. The fourth-order valence-electron chi connectivity index (χ4n) is 2.60. The van der Waals surface area contributed by atoms with Crippen LogP contribution < -0.4 is 15.4 Å². The van der Waals surface area contributed by atoms with E-state index in [0.29, 0.717) is 22.7 Å². The molecule has 0 spiro atoms. The fourth-order valence-corrected chi connectivity index (χ4v) is 2.77. The third kappa shape index (κ3) is 5.33. The van der Waals surface area contributed by atoms with Crippen molar-refractivity contribution >= 4 is 40.5 Å². The number of halogens is 1. The van der Waals surface area contributed by atoms with Crippen molar-refractivity contribution in [3.8, 4) is 11.5 Å². The highest BCUT2D eigenvalue weighted by Gasteiger charge is 2.16. The lowest BCUT2D eigenvalue weighted by Gasteiger charge is -2.09. The predicted molar refractivity (Wildman–Crippen MR) is 113 cm³/mol. The molecule has 30 heavy (non-hydrogen) atoms. The average Bonchev–Trinajstić information content (AvgIpc) is 2.69. The standard InChI is InChI=1S/C21H16ClN3O5/c1-13(26)23-16-3-2-4-17(12-16)24-21(27)14-5-8-18(9-6-14)30-20-10-7-15(22)11-19(20)25(28)29/h2-12H,1H3,(H,23,26)(H,24,27). The molecule has 0 heterocycles. The molecule has 0 unspecified atom stereocenters. The van der Waals surface area contributed by atoms with E-state index in [9.17, 15) is 19.7 Å². The van der Waals surface area contributed by atoms with Crippen molar-refractivity contribution in [3.05, 3.63) is 87.4 Å². The first-order chi connectivity index (χ1) is 14.3. The molecular weight excluding hydrogens is 410 g/mol. The molecule has 0 aliphatic heterocycles. The molecule has 0 fully saturated rings. The van der Waals surface area contributed by atoms with Crippen molar-refractivity contribution in [1.29, 1.82) is 0 Å². The molecule has 152 valence electrons. The third-order valence-corrected chi connectivity index (χ3v) is 4.14. The maximum absolute atomic E-state index is 12.5. The number of amides is 2. The molecule has 0 atom stereocenters. The van der Waals surface area contributed by atoms with Gasteiger partial charge in [0.1, 0.15) is 5.75 Å². The maximum Gasteiger partial charge on any atom is 0.313 e. The van der Waals surface area contributed by atoms with Gasteiger partial charge in [-0.15, -0.1) is 0 Å². The highest BCUT2D eigenvalue weighted by atomic mass is 35.5. The highest BCUT2D eigenvalue weighted by molar-refractivity contribution is 6.30. The van der Waals surface area contributed by atoms with Gasteiger partial charge in [0.25, 0.3) is 5.91 Å². The minimum absolute atomic E-state index is 0.0383. The number of hydrogen-bond acceptors (Lipinski definition) is 5. The van der Waals surface area contributed by atoms with Gasteiger partial charge in [-0.25, -0.2) is 0 Å². The molecule has 3 rings (SSSR count). The van der Waals surface area contributed by atoms with Crippen LogP contribution >= 0.6 is 11.6 Å². The van der Waals surface area contributed by atoms with E-state index in [0.717, 1.165) is 0 Å². The summed E-state index contributed by atoms with van der Waals surface area (Å²) < 4.78 is 5.56. The summed E-state index contributed by atoms with van der Waals surface area (Å²) in [7, 11) is 0. The molecule has 0 saturated heterocycles. The first kappa shape index (κ1) is 20.8. The molecule has 0 aliphatic carbocycles. The Balaban J connectivity index is 1.71. The number of anilines is 2. The monoisotopic (exact) mass is 425 g/mol. The van der Waals surface area contributed by atoms with Gasteiger partial charge in [0.15, 0.2) is 0 Å². The van der Waals surface area contributed by atoms with Gasteiger partial charge in [0, 0.05) is 35.0 Å². The smallest absolute Gasteiger partial charge is 0.313 e. The molecule has 9 heteroatoms. The SMILES string of the molecule is CC(=O)Nc1cccc(NC(=O)c2ccc(Oc3ccc(Cl)cc3[N+](=O)[O-])cc2)c1. The van der Waals surface area contributed by atoms with Crippen LogP contribution in [-0.2, 0) is 4.79 Å². The van der Waals surface area contributed by atoms with Crippen LogP contribution in [0.1, 0.15) is 17.3 Å². The average molecular weight is 426 g/mol. The Morgan fingerprint density at radius 2 is 1.63 bits per heavy atom. The van der Waals surface area contributed by atoms with Crippen LogP contribution in [0.25, 0.3) is 0 Å². The Morgan fingerprint density at radius 3 is 2.27 bits per heavy atom. The zero-order valence-electron chi connectivity index (χ0n) is 15.7. The Labute approximate surface area is 176 Å². The molecule has 2 N–H and O–H groups in total. The molecule has 0 bridgehead atoms. The Kier molecular flexibility index (Phi) is 6.29. The largest absolute Gasteiger partial charge is 0.450 e. The molecule has 0 radical (unpaired) electrons. The van der Waals surface area contributed by atoms with Crippen LogP contribution in [0, 0.1) is 10.1 Å². The van der Waals surface area contributed by atoms with Gasteiger partial charge in [0.2, 0.25) is 11.7 Å². The van der Waals surface area contributed by atoms with Crippen molar-refractivity contribution in [1.82, 2.24) is 0 Å². The van der Waals surface area contributed by atoms with Crippen LogP contribution in [-0.4, -0.2) is 16.7 Å². The summed E-state index contributed by atoms with van der Waals surface area (Å²) in [4.78, 5) is 34.2. The minimum Gasteiger partial charge on any atom is -0.450 e. The molecular formula is C21H16ClN3O5. The summed E-state index contributed by atoms with van der Waals surface area (Å²) in [6.07, 6.45) is 0. The lowest BCUT2D eigenvalue weighted by atomic mass is 10.2. The number of nitro groups is 1. The number of nitro benzene ring substituents is 1. The third-order valence-electron chi connectivity index (χ3n) is 3.90. The van der Waals surface area contributed by atoms with E-state index in [1.165, 1.54) is 49.4 Å². The molecule has 0 saturated carbocycles. The number of benzene rings is 3. The van der Waals surface area contributed by atoms with Crippen LogP contribution in [0.5, 0.6) is 11.5 Å². The van der Waals surface area contributed by atoms with Crippen LogP contribution in [0.4, 0.5) is 17.1 Å². The van der Waals surface area contributed by atoms with Gasteiger partial charge < -0.3 is 15.4 Å². The van der Waals surface area contributed by atoms with Gasteiger partial charge in [-0.1, -0.05) is 17.7 Å². The number of hydrogen-bond donors (Lipinski definition) is 2. The van der Waals surface area contributed by atoms with Gasteiger partial charge in [0.05, 0.1) is 4.92 Å². The first-order valence-electron chi connectivity index (χ1n) is 8.73. The van der Waals surface area contributed by atoms with E-state index in [4.69, 9.17) is 16.3 Å². The van der Waals surface area contributed by atoms with Crippen molar-refractivity contribution < 1.29 is 19.2 Å². The van der Waals surface area contributed by atoms with Crippen LogP contribution in [0.3, 0.4) is 0 Å². The normalized spacial score (nSPS) is 10.2. The zero-order valence-corrected chi connectivity index (χ0v) is 16.5. The summed E-state index contributed by atoms with van der Waals surface area (Å²) in [5.41, 5.74) is 1.18. The van der Waals surface area contributed by atoms with E-state index >= 15 is 0 Å². The summed E-state index contributed by atoms with van der Waals surface area (Å²) in [6, 6.07) is 17.0. The second kappa shape index (κ2) is 9.06. The number of rotatable bonds is 6. The van der Waals surface area contributed by atoms with Crippen molar-refractivity contribution in [2.24, 2.45) is 0 Å². The lowest BCUT2D eigenvalue weighted by molar-refractivity contribution is -0.385. The number of nitrogens with zero attached hydrogens (tertiary/aromatic N) is 1. The van der Waals surface area contributed by atoms with Crippen molar-refractivity contribution in [3.63, 3.8) is 0 Å². The predicted octanol–water partition coefficient (Wildman–Crippen LogP) is 5.25. The lowest BCUT2D eigenvalue weighted by Crippen LogP contribution is -2.12. The summed E-state index contributed by atoms with van der Waals surface area (Å²) in [5, 5.41) is 16.8. The maximum atomic E-state index is 12.5. The summed E-state index contributed by atoms with van der Waals surface area (Å²) in [5.74, 6) is -0.213. The molecule has 3 aromatic rings. The van der Waals surface area contributed by atoms with E-state index in [-0.39, 0.29) is 28.3 Å². The molecule has 2 amide bonds. The Morgan fingerprint density at radius 1 is 0.967 bits per heavy atom. The number of carbonyl (C=O) groups excluding carboxylic acids is 2. The number of carbonyl (C=O) groups is 2. The topological polar surface area (TPSA) is 111 Å². The molecule has 3 aromatic carbocycles. The second-order valence-electron chi connectivity index (χ2n) is 6.21. The van der Waals surface area contributed by atoms with Crippen LogP contribution in [0.2, 0.25) is 5.02 Å². The number of nitrogens with one attached hydrogen (secondary N) is 2.